The number of H-pyrrole nitrogens is 1. The molecule has 3 aromatic rings. The van der Waals surface area contributed by atoms with Crippen LogP contribution in [-0.4, -0.2) is 34.4 Å². The van der Waals surface area contributed by atoms with Gasteiger partial charge in [-0.3, -0.25) is 4.79 Å². The van der Waals surface area contributed by atoms with Crippen molar-refractivity contribution < 1.29 is 14.6 Å². The van der Waals surface area contributed by atoms with Crippen molar-refractivity contribution in [2.45, 2.75) is 18.9 Å². The number of phenols is 1. The summed E-state index contributed by atoms with van der Waals surface area (Å²) in [6, 6.07) is 12.5. The predicted octanol–water partition coefficient (Wildman–Crippen LogP) is 4.84. The summed E-state index contributed by atoms with van der Waals surface area (Å²) in [7, 11) is 1.64. The number of aromatic nitrogens is 1. The topological polar surface area (TPSA) is 89.3 Å². The van der Waals surface area contributed by atoms with Gasteiger partial charge in [-0.1, -0.05) is 11.6 Å². The fourth-order valence-electron chi connectivity index (χ4n) is 4.72. The van der Waals surface area contributed by atoms with Gasteiger partial charge < -0.3 is 19.7 Å². The third kappa shape index (κ3) is 2.82. The van der Waals surface area contributed by atoms with Crippen LogP contribution in [0.3, 0.4) is 0 Å². The first kappa shape index (κ1) is 20.2. The van der Waals surface area contributed by atoms with E-state index in [-0.39, 0.29) is 17.1 Å². The number of carbonyl (C=O) groups is 1. The molecule has 2 aliphatic rings. The Labute approximate surface area is 190 Å². The molecule has 0 radical (unpaired) electrons. The van der Waals surface area contributed by atoms with Gasteiger partial charge in [0.25, 0.3) is 0 Å². The zero-order valence-electron chi connectivity index (χ0n) is 17.6. The van der Waals surface area contributed by atoms with Gasteiger partial charge in [-0.25, -0.2) is 0 Å². The lowest BCUT2D eigenvalue weighted by Gasteiger charge is -2.46. The first-order chi connectivity index (χ1) is 15.4. The largest absolute Gasteiger partial charge is 0.507 e. The van der Waals surface area contributed by atoms with Crippen molar-refractivity contribution in [3.8, 4) is 17.6 Å². The number of allylic oxidation sites excluding steroid dienone is 2. The standard InChI is InChI=1S/C25H20ClN3O3/c1-25-15(12-27)9-14(23(31)20-10-16(26)3-6-22(20)30)13-29(25)8-7-18-19-11-17(32-2)4-5-21(19)28-24(18)25/h3-6,9-11,13,28,30H,7-8H2,1-2H3. The highest BCUT2D eigenvalue weighted by molar-refractivity contribution is 6.31. The SMILES string of the molecule is COc1ccc2[nH]c3c(c2c1)CCN1C=C(C(=O)c2cc(Cl)ccc2O)C=C(C#N)C31C. The van der Waals surface area contributed by atoms with E-state index in [0.717, 1.165) is 34.3 Å². The fraction of sp³-hybridized carbons (Fsp3) is 0.200. The number of ether oxygens (including phenoxy) is 1. The molecule has 1 aromatic heterocycles. The maximum Gasteiger partial charge on any atom is 0.198 e. The van der Waals surface area contributed by atoms with Crippen molar-refractivity contribution in [2.24, 2.45) is 0 Å². The highest BCUT2D eigenvalue weighted by Crippen LogP contribution is 2.46. The Bertz CT molecular complexity index is 1400. The van der Waals surface area contributed by atoms with Crippen LogP contribution in [0.15, 0.2) is 59.8 Å². The van der Waals surface area contributed by atoms with Crippen LogP contribution in [0.4, 0.5) is 0 Å². The number of carbonyl (C=O) groups excluding carboxylic acids is 1. The van der Waals surface area contributed by atoms with E-state index in [2.05, 4.69) is 11.1 Å². The quantitative estimate of drug-likeness (QED) is 0.563. The number of aromatic hydroxyl groups is 1. The summed E-state index contributed by atoms with van der Waals surface area (Å²) < 4.78 is 5.39. The van der Waals surface area contributed by atoms with E-state index in [1.54, 1.807) is 19.4 Å². The van der Waals surface area contributed by atoms with Crippen molar-refractivity contribution >= 4 is 28.3 Å². The number of aromatic amines is 1. The molecule has 0 saturated carbocycles. The van der Waals surface area contributed by atoms with Gasteiger partial charge in [0.2, 0.25) is 0 Å². The molecule has 0 amide bonds. The second kappa shape index (κ2) is 7.18. The van der Waals surface area contributed by atoms with E-state index in [9.17, 15) is 15.2 Å². The highest BCUT2D eigenvalue weighted by Gasteiger charge is 2.45. The third-order valence-corrected chi connectivity index (χ3v) is 6.72. The molecule has 2 aliphatic heterocycles. The third-order valence-electron chi connectivity index (χ3n) is 6.48. The number of Topliss-reactive ketones (excluding diaryl/α,β-unsaturated/α-hetero) is 1. The Morgan fingerprint density at radius 3 is 2.88 bits per heavy atom. The molecule has 160 valence electrons. The minimum Gasteiger partial charge on any atom is -0.507 e. The molecule has 7 heteroatoms. The van der Waals surface area contributed by atoms with Crippen LogP contribution in [0.25, 0.3) is 10.9 Å². The number of halogens is 1. The van der Waals surface area contributed by atoms with Crippen molar-refractivity contribution in [1.82, 2.24) is 9.88 Å². The first-order valence-corrected chi connectivity index (χ1v) is 10.6. The van der Waals surface area contributed by atoms with Crippen LogP contribution in [-0.2, 0) is 12.0 Å². The van der Waals surface area contributed by atoms with Gasteiger partial charge in [0.05, 0.1) is 30.0 Å². The fourth-order valence-corrected chi connectivity index (χ4v) is 4.90. The van der Waals surface area contributed by atoms with Gasteiger partial charge in [0.1, 0.15) is 17.0 Å². The summed E-state index contributed by atoms with van der Waals surface area (Å²) in [5.74, 6) is 0.249. The van der Waals surface area contributed by atoms with E-state index in [0.29, 0.717) is 22.7 Å². The Hall–Kier alpha value is -3.69. The number of benzene rings is 2. The number of hydrogen-bond donors (Lipinski definition) is 2. The lowest BCUT2D eigenvalue weighted by Crippen LogP contribution is -2.48. The number of rotatable bonds is 3. The number of methoxy groups -OCH3 is 1. The highest BCUT2D eigenvalue weighted by atomic mass is 35.5. The lowest BCUT2D eigenvalue weighted by atomic mass is 9.78. The minimum atomic E-state index is -0.741. The summed E-state index contributed by atoms with van der Waals surface area (Å²) in [5, 5.41) is 21.7. The minimum absolute atomic E-state index is 0.108. The first-order valence-electron chi connectivity index (χ1n) is 10.2. The van der Waals surface area contributed by atoms with Gasteiger partial charge in [0.15, 0.2) is 5.78 Å². The Kier molecular flexibility index (Phi) is 4.54. The van der Waals surface area contributed by atoms with Crippen molar-refractivity contribution in [1.29, 1.82) is 5.26 Å². The Morgan fingerprint density at radius 1 is 1.31 bits per heavy atom. The van der Waals surface area contributed by atoms with Crippen LogP contribution >= 0.6 is 11.6 Å². The van der Waals surface area contributed by atoms with E-state index >= 15 is 0 Å². The number of ketones is 1. The molecule has 3 heterocycles. The summed E-state index contributed by atoms with van der Waals surface area (Å²) in [6.07, 6.45) is 4.14. The molecule has 2 N–H and O–H groups in total. The van der Waals surface area contributed by atoms with Gasteiger partial charge in [-0.15, -0.1) is 0 Å². The second-order valence-corrected chi connectivity index (χ2v) is 8.59. The van der Waals surface area contributed by atoms with E-state index in [1.807, 2.05) is 30.0 Å². The van der Waals surface area contributed by atoms with Crippen molar-refractivity contribution in [3.05, 3.63) is 81.7 Å². The molecule has 1 unspecified atom stereocenters. The lowest BCUT2D eigenvalue weighted by molar-refractivity contribution is 0.102. The van der Waals surface area contributed by atoms with Gasteiger partial charge in [-0.2, -0.15) is 5.26 Å². The number of hydrogen-bond acceptors (Lipinski definition) is 5. The Morgan fingerprint density at radius 2 is 2.12 bits per heavy atom. The van der Waals surface area contributed by atoms with Gasteiger partial charge in [0, 0.05) is 34.2 Å². The molecule has 0 bridgehead atoms. The van der Waals surface area contributed by atoms with Crippen molar-refractivity contribution in [3.63, 3.8) is 0 Å². The van der Waals surface area contributed by atoms with E-state index in [1.165, 1.54) is 18.2 Å². The zero-order valence-corrected chi connectivity index (χ0v) is 18.3. The molecule has 0 spiro atoms. The molecule has 1 atom stereocenters. The predicted molar refractivity (Wildman–Crippen MR) is 122 cm³/mol. The summed E-state index contributed by atoms with van der Waals surface area (Å²) in [5.41, 5.74) is 3.21. The smallest absolute Gasteiger partial charge is 0.198 e. The van der Waals surface area contributed by atoms with Crippen LogP contribution < -0.4 is 4.74 Å². The second-order valence-electron chi connectivity index (χ2n) is 8.15. The molecule has 2 aromatic carbocycles. The van der Waals surface area contributed by atoms with Crippen molar-refractivity contribution in [2.75, 3.05) is 13.7 Å². The molecule has 32 heavy (non-hydrogen) atoms. The number of nitrogens with zero attached hydrogens (tertiary/aromatic N) is 2. The molecule has 6 nitrogen and oxygen atoms in total. The number of nitrogens with one attached hydrogen (secondary N) is 1. The van der Waals surface area contributed by atoms with Crippen LogP contribution in [0.2, 0.25) is 5.02 Å². The Balaban J connectivity index is 1.63. The van der Waals surface area contributed by atoms with Crippen LogP contribution in [0.5, 0.6) is 11.5 Å². The summed E-state index contributed by atoms with van der Waals surface area (Å²) in [4.78, 5) is 18.7. The van der Waals surface area contributed by atoms with Crippen LogP contribution in [0, 0.1) is 11.3 Å². The average molecular weight is 446 g/mol. The normalized spacial score (nSPS) is 19.5. The summed E-state index contributed by atoms with van der Waals surface area (Å²) >= 11 is 6.03. The molecule has 0 aliphatic carbocycles. The van der Waals surface area contributed by atoms with E-state index in [4.69, 9.17) is 16.3 Å². The molecule has 5 rings (SSSR count). The van der Waals surface area contributed by atoms with E-state index < -0.39 is 5.54 Å². The monoisotopic (exact) mass is 445 g/mol. The molecule has 0 saturated heterocycles. The average Bonchev–Trinajstić information content (AvgIpc) is 3.18. The molecular weight excluding hydrogens is 426 g/mol. The number of fused-ring (bicyclic) bond motifs is 5. The zero-order chi connectivity index (χ0) is 22.6. The maximum absolute atomic E-state index is 13.2. The van der Waals surface area contributed by atoms with Gasteiger partial charge >= 0.3 is 0 Å². The molecular formula is C25H20ClN3O3. The summed E-state index contributed by atoms with van der Waals surface area (Å²) in [6.45, 7) is 2.62. The molecule has 0 fully saturated rings. The maximum atomic E-state index is 13.2. The van der Waals surface area contributed by atoms with Gasteiger partial charge in [-0.05, 0) is 61.4 Å². The van der Waals surface area contributed by atoms with Crippen LogP contribution in [0.1, 0.15) is 28.5 Å². The number of nitriles is 1. The number of phenolic OH excluding ortho intramolecular Hbond substituents is 1.